The second kappa shape index (κ2) is 6.12. The van der Waals surface area contributed by atoms with Gasteiger partial charge in [0, 0.05) is 5.92 Å². The highest BCUT2D eigenvalue weighted by molar-refractivity contribution is 5.83. The highest BCUT2D eigenvalue weighted by Crippen LogP contribution is 2.33. The Hall–Kier alpha value is -3.10. The van der Waals surface area contributed by atoms with Crippen LogP contribution >= 0.6 is 0 Å². The Labute approximate surface area is 129 Å². The molecule has 3 rings (SSSR count). The molecule has 22 heavy (non-hydrogen) atoms. The lowest BCUT2D eigenvalue weighted by Gasteiger charge is -2.19. The van der Waals surface area contributed by atoms with E-state index in [1.54, 1.807) is 0 Å². The standard InChI is InChI=1S/C20H14N2/c21-13-19(14-22)20(16-7-2-1-3-8-16)18-11-10-15-6-4-5-9-17(15)12-18/h1-12,19-20H/t20-/m1/s1. The van der Waals surface area contributed by atoms with Crippen molar-refractivity contribution in [3.8, 4) is 12.1 Å². The molecule has 104 valence electrons. The molecule has 0 spiro atoms. The highest BCUT2D eigenvalue weighted by atomic mass is 14.4. The fourth-order valence-electron chi connectivity index (χ4n) is 2.82. The van der Waals surface area contributed by atoms with Gasteiger partial charge in [0.1, 0.15) is 5.92 Å². The Morgan fingerprint density at radius 2 is 1.27 bits per heavy atom. The molecule has 0 bridgehead atoms. The van der Waals surface area contributed by atoms with Crippen LogP contribution < -0.4 is 0 Å². The summed E-state index contributed by atoms with van der Waals surface area (Å²) >= 11 is 0. The number of hydrogen-bond donors (Lipinski definition) is 0. The summed E-state index contributed by atoms with van der Waals surface area (Å²) in [7, 11) is 0. The summed E-state index contributed by atoms with van der Waals surface area (Å²) in [5.41, 5.74) is 1.99. The molecule has 0 N–H and O–H groups in total. The molecule has 2 heteroatoms. The van der Waals surface area contributed by atoms with Crippen LogP contribution in [0.2, 0.25) is 0 Å². The molecule has 3 aromatic rings. The van der Waals surface area contributed by atoms with Crippen LogP contribution in [0, 0.1) is 28.6 Å². The lowest BCUT2D eigenvalue weighted by atomic mass is 9.81. The summed E-state index contributed by atoms with van der Waals surface area (Å²) in [6.07, 6.45) is 0. The molecule has 0 amide bonds. The first-order valence-corrected chi connectivity index (χ1v) is 7.16. The van der Waals surface area contributed by atoms with Crippen LogP contribution in [0.15, 0.2) is 72.8 Å². The van der Waals surface area contributed by atoms with E-state index in [4.69, 9.17) is 0 Å². The molecule has 2 nitrogen and oxygen atoms in total. The Morgan fingerprint density at radius 1 is 0.636 bits per heavy atom. The Bertz CT molecular complexity index is 855. The van der Waals surface area contributed by atoms with E-state index in [-0.39, 0.29) is 5.92 Å². The predicted molar refractivity (Wildman–Crippen MR) is 86.9 cm³/mol. The van der Waals surface area contributed by atoms with E-state index in [2.05, 4.69) is 30.3 Å². The van der Waals surface area contributed by atoms with Gasteiger partial charge in [-0.05, 0) is 21.9 Å². The van der Waals surface area contributed by atoms with E-state index in [1.807, 2.05) is 54.6 Å². The first-order chi connectivity index (χ1) is 10.8. The first-order valence-electron chi connectivity index (χ1n) is 7.16. The third-order valence-electron chi connectivity index (χ3n) is 3.90. The molecule has 0 aromatic heterocycles. The van der Waals surface area contributed by atoms with Gasteiger partial charge in [-0.2, -0.15) is 10.5 Å². The van der Waals surface area contributed by atoms with Gasteiger partial charge >= 0.3 is 0 Å². The maximum atomic E-state index is 9.36. The Balaban J connectivity index is 2.16. The maximum Gasteiger partial charge on any atom is 0.144 e. The van der Waals surface area contributed by atoms with Gasteiger partial charge in [-0.15, -0.1) is 0 Å². The van der Waals surface area contributed by atoms with Crippen molar-refractivity contribution in [2.75, 3.05) is 0 Å². The molecule has 0 aliphatic heterocycles. The number of nitrogens with zero attached hydrogens (tertiary/aromatic N) is 2. The van der Waals surface area contributed by atoms with Crippen LogP contribution in [0.25, 0.3) is 10.8 Å². The smallest absolute Gasteiger partial charge is 0.144 e. The molecule has 1 atom stereocenters. The van der Waals surface area contributed by atoms with Crippen molar-refractivity contribution >= 4 is 10.8 Å². The van der Waals surface area contributed by atoms with Crippen molar-refractivity contribution in [1.29, 1.82) is 10.5 Å². The van der Waals surface area contributed by atoms with Gasteiger partial charge in [-0.1, -0.05) is 72.8 Å². The molecular weight excluding hydrogens is 268 g/mol. The van der Waals surface area contributed by atoms with Crippen LogP contribution in [0.3, 0.4) is 0 Å². The summed E-state index contributed by atoms with van der Waals surface area (Å²) in [4.78, 5) is 0. The zero-order valence-electron chi connectivity index (χ0n) is 12.0. The molecule has 0 fully saturated rings. The predicted octanol–water partition coefficient (Wildman–Crippen LogP) is 4.64. The number of hydrogen-bond acceptors (Lipinski definition) is 2. The second-order valence-electron chi connectivity index (χ2n) is 5.23. The quantitative estimate of drug-likeness (QED) is 0.702. The SMILES string of the molecule is N#CC(C#N)[C@H](c1ccccc1)c1ccc2ccccc2c1. The van der Waals surface area contributed by atoms with Crippen molar-refractivity contribution in [2.45, 2.75) is 5.92 Å². The van der Waals surface area contributed by atoms with Crippen molar-refractivity contribution in [1.82, 2.24) is 0 Å². The molecule has 0 saturated carbocycles. The van der Waals surface area contributed by atoms with Crippen molar-refractivity contribution in [2.24, 2.45) is 5.92 Å². The maximum absolute atomic E-state index is 9.36. The van der Waals surface area contributed by atoms with E-state index >= 15 is 0 Å². The van der Waals surface area contributed by atoms with Gasteiger partial charge in [0.15, 0.2) is 0 Å². The van der Waals surface area contributed by atoms with Gasteiger partial charge in [0.05, 0.1) is 12.1 Å². The number of nitriles is 2. The number of fused-ring (bicyclic) bond motifs is 1. The van der Waals surface area contributed by atoms with Gasteiger partial charge in [0.2, 0.25) is 0 Å². The second-order valence-corrected chi connectivity index (χ2v) is 5.23. The Morgan fingerprint density at radius 3 is 1.95 bits per heavy atom. The van der Waals surface area contributed by atoms with Crippen LogP contribution in [-0.4, -0.2) is 0 Å². The lowest BCUT2D eigenvalue weighted by molar-refractivity contribution is 0.710. The average Bonchev–Trinajstić information content (AvgIpc) is 2.60. The zero-order chi connectivity index (χ0) is 15.4. The molecule has 0 aliphatic carbocycles. The monoisotopic (exact) mass is 282 g/mol. The van der Waals surface area contributed by atoms with E-state index < -0.39 is 5.92 Å². The summed E-state index contributed by atoms with van der Waals surface area (Å²) in [5, 5.41) is 21.0. The van der Waals surface area contributed by atoms with E-state index in [0.29, 0.717) is 0 Å². The van der Waals surface area contributed by atoms with Crippen molar-refractivity contribution in [3.05, 3.63) is 83.9 Å². The fraction of sp³-hybridized carbons (Fsp3) is 0.100. The molecule has 0 unspecified atom stereocenters. The van der Waals surface area contributed by atoms with Crippen molar-refractivity contribution in [3.63, 3.8) is 0 Å². The topological polar surface area (TPSA) is 47.6 Å². The molecule has 3 aromatic carbocycles. The van der Waals surface area contributed by atoms with Crippen LogP contribution in [0.5, 0.6) is 0 Å². The minimum Gasteiger partial charge on any atom is -0.197 e. The summed E-state index contributed by atoms with van der Waals surface area (Å²) in [5.74, 6) is -0.940. The third kappa shape index (κ3) is 2.55. The molecule has 0 heterocycles. The number of rotatable bonds is 3. The third-order valence-corrected chi connectivity index (χ3v) is 3.90. The van der Waals surface area contributed by atoms with Crippen LogP contribution in [0.4, 0.5) is 0 Å². The zero-order valence-corrected chi connectivity index (χ0v) is 12.0. The molecule has 0 aliphatic rings. The average molecular weight is 282 g/mol. The Kier molecular flexibility index (Phi) is 3.86. The van der Waals surface area contributed by atoms with Gasteiger partial charge in [-0.3, -0.25) is 0 Å². The van der Waals surface area contributed by atoms with Gasteiger partial charge in [0.25, 0.3) is 0 Å². The molecule has 0 saturated heterocycles. The normalized spacial score (nSPS) is 11.8. The summed E-state index contributed by atoms with van der Waals surface area (Å²) in [6.45, 7) is 0. The lowest BCUT2D eigenvalue weighted by Crippen LogP contribution is -2.11. The van der Waals surface area contributed by atoms with E-state index in [0.717, 1.165) is 21.9 Å². The first kappa shape index (κ1) is 13.9. The molecule has 0 radical (unpaired) electrons. The van der Waals surface area contributed by atoms with Crippen LogP contribution in [-0.2, 0) is 0 Å². The van der Waals surface area contributed by atoms with Gasteiger partial charge in [-0.25, -0.2) is 0 Å². The van der Waals surface area contributed by atoms with Crippen LogP contribution in [0.1, 0.15) is 17.0 Å². The van der Waals surface area contributed by atoms with Gasteiger partial charge < -0.3 is 0 Å². The largest absolute Gasteiger partial charge is 0.197 e. The highest BCUT2D eigenvalue weighted by Gasteiger charge is 2.24. The minimum absolute atomic E-state index is 0.235. The molecular formula is C20H14N2. The minimum atomic E-state index is -0.705. The van der Waals surface area contributed by atoms with E-state index in [9.17, 15) is 10.5 Å². The summed E-state index contributed by atoms with van der Waals surface area (Å²) in [6, 6.07) is 28.3. The summed E-state index contributed by atoms with van der Waals surface area (Å²) < 4.78 is 0. The van der Waals surface area contributed by atoms with Crippen molar-refractivity contribution < 1.29 is 0 Å². The fourth-order valence-corrected chi connectivity index (χ4v) is 2.82. The van der Waals surface area contributed by atoms with E-state index in [1.165, 1.54) is 0 Å². The number of benzene rings is 3.